The summed E-state index contributed by atoms with van der Waals surface area (Å²) < 4.78 is 11.0. The minimum Gasteiger partial charge on any atom is -0.493 e. The summed E-state index contributed by atoms with van der Waals surface area (Å²) in [5.74, 6) is 1.66. The molecule has 0 saturated heterocycles. The maximum atomic E-state index is 5.59. The van der Waals surface area contributed by atoms with Crippen LogP contribution in [0.4, 0.5) is 0 Å². The van der Waals surface area contributed by atoms with Crippen LogP contribution in [0.2, 0.25) is 0 Å². The molecule has 0 N–H and O–H groups in total. The Morgan fingerprint density at radius 3 is 2.76 bits per heavy atom. The number of nitrogens with zero attached hydrogens (tertiary/aromatic N) is 1. The standard InChI is InChI=1S/C14H19NO2/c1-4-15-7-6-11-8-13(16-3)14(17-5-2)9-12(11)10-15/h4,8-9H,1,5-7,10H2,2-3H3. The Morgan fingerprint density at radius 1 is 1.35 bits per heavy atom. The van der Waals surface area contributed by atoms with E-state index in [9.17, 15) is 0 Å². The number of methoxy groups -OCH3 is 1. The summed E-state index contributed by atoms with van der Waals surface area (Å²) in [5, 5.41) is 0. The zero-order chi connectivity index (χ0) is 12.3. The van der Waals surface area contributed by atoms with E-state index in [1.165, 1.54) is 11.1 Å². The molecule has 0 amide bonds. The molecule has 0 saturated carbocycles. The Kier molecular flexibility index (Phi) is 3.57. The molecule has 0 fully saturated rings. The van der Waals surface area contributed by atoms with Crippen molar-refractivity contribution >= 4 is 0 Å². The lowest BCUT2D eigenvalue weighted by Gasteiger charge is -2.28. The van der Waals surface area contributed by atoms with Crippen molar-refractivity contribution in [2.24, 2.45) is 0 Å². The summed E-state index contributed by atoms with van der Waals surface area (Å²) in [6.45, 7) is 8.38. The second-order valence-corrected chi connectivity index (χ2v) is 4.11. The zero-order valence-corrected chi connectivity index (χ0v) is 10.5. The topological polar surface area (TPSA) is 21.7 Å². The zero-order valence-electron chi connectivity index (χ0n) is 10.5. The Balaban J connectivity index is 2.34. The second-order valence-electron chi connectivity index (χ2n) is 4.11. The van der Waals surface area contributed by atoms with Gasteiger partial charge in [0, 0.05) is 13.1 Å². The quantitative estimate of drug-likeness (QED) is 0.798. The molecule has 0 radical (unpaired) electrons. The van der Waals surface area contributed by atoms with Crippen LogP contribution in [0.5, 0.6) is 11.5 Å². The van der Waals surface area contributed by atoms with E-state index >= 15 is 0 Å². The summed E-state index contributed by atoms with van der Waals surface area (Å²) in [5.41, 5.74) is 2.66. The highest BCUT2D eigenvalue weighted by Crippen LogP contribution is 2.33. The Morgan fingerprint density at radius 2 is 2.12 bits per heavy atom. The molecule has 0 unspecified atom stereocenters. The smallest absolute Gasteiger partial charge is 0.161 e. The van der Waals surface area contributed by atoms with Crippen LogP contribution in [0, 0.1) is 0 Å². The SMILES string of the molecule is C=CN1CCc2cc(OC)c(OCC)cc2C1. The predicted molar refractivity (Wildman–Crippen MR) is 68.5 cm³/mol. The highest BCUT2D eigenvalue weighted by molar-refractivity contribution is 5.48. The Hall–Kier alpha value is -1.64. The van der Waals surface area contributed by atoms with Crippen LogP contribution in [-0.4, -0.2) is 25.2 Å². The molecule has 0 spiro atoms. The molecule has 0 aliphatic carbocycles. The van der Waals surface area contributed by atoms with Crippen LogP contribution >= 0.6 is 0 Å². The monoisotopic (exact) mass is 233 g/mol. The lowest BCUT2D eigenvalue weighted by Crippen LogP contribution is -2.25. The van der Waals surface area contributed by atoms with Crippen LogP contribution in [0.15, 0.2) is 24.9 Å². The average Bonchev–Trinajstić information content (AvgIpc) is 2.37. The minimum atomic E-state index is 0.653. The summed E-state index contributed by atoms with van der Waals surface area (Å²) in [4.78, 5) is 2.21. The molecule has 3 heteroatoms. The number of fused-ring (bicyclic) bond motifs is 1. The first kappa shape index (κ1) is 11.8. The number of hydrogen-bond acceptors (Lipinski definition) is 3. The van der Waals surface area contributed by atoms with E-state index < -0.39 is 0 Å². The van der Waals surface area contributed by atoms with Crippen molar-refractivity contribution in [3.05, 3.63) is 36.0 Å². The lowest BCUT2D eigenvalue weighted by atomic mass is 9.99. The van der Waals surface area contributed by atoms with Crippen LogP contribution < -0.4 is 9.47 Å². The van der Waals surface area contributed by atoms with Crippen LogP contribution in [0.25, 0.3) is 0 Å². The van der Waals surface area contributed by atoms with E-state index in [0.29, 0.717) is 6.61 Å². The molecule has 1 heterocycles. The first-order valence-corrected chi connectivity index (χ1v) is 5.97. The largest absolute Gasteiger partial charge is 0.493 e. The van der Waals surface area contributed by atoms with Gasteiger partial charge in [-0.2, -0.15) is 0 Å². The van der Waals surface area contributed by atoms with Gasteiger partial charge in [0.15, 0.2) is 11.5 Å². The molecule has 1 aromatic rings. The molecule has 0 bridgehead atoms. The second kappa shape index (κ2) is 5.13. The molecule has 0 aromatic heterocycles. The van der Waals surface area contributed by atoms with Gasteiger partial charge < -0.3 is 14.4 Å². The van der Waals surface area contributed by atoms with Gasteiger partial charge in [0.1, 0.15) is 0 Å². The molecule has 1 aliphatic rings. The van der Waals surface area contributed by atoms with Crippen molar-refractivity contribution in [2.75, 3.05) is 20.3 Å². The van der Waals surface area contributed by atoms with E-state index in [2.05, 4.69) is 23.6 Å². The van der Waals surface area contributed by atoms with E-state index in [-0.39, 0.29) is 0 Å². The Bertz CT molecular complexity index is 415. The third kappa shape index (κ3) is 2.38. The van der Waals surface area contributed by atoms with Gasteiger partial charge in [-0.25, -0.2) is 0 Å². The maximum Gasteiger partial charge on any atom is 0.161 e. The number of benzene rings is 1. The summed E-state index contributed by atoms with van der Waals surface area (Å²) in [7, 11) is 1.68. The van der Waals surface area contributed by atoms with Gasteiger partial charge >= 0.3 is 0 Å². The van der Waals surface area contributed by atoms with Gasteiger partial charge in [0.25, 0.3) is 0 Å². The third-order valence-electron chi connectivity index (χ3n) is 3.09. The van der Waals surface area contributed by atoms with Gasteiger partial charge in [0.05, 0.1) is 13.7 Å². The maximum absolute atomic E-state index is 5.59. The number of hydrogen-bond donors (Lipinski definition) is 0. The molecule has 17 heavy (non-hydrogen) atoms. The van der Waals surface area contributed by atoms with Crippen molar-refractivity contribution in [3.63, 3.8) is 0 Å². The Labute approximate surface area is 103 Å². The van der Waals surface area contributed by atoms with Gasteiger partial charge in [0.2, 0.25) is 0 Å². The third-order valence-corrected chi connectivity index (χ3v) is 3.09. The summed E-state index contributed by atoms with van der Waals surface area (Å²) >= 11 is 0. The van der Waals surface area contributed by atoms with Crippen LogP contribution in [-0.2, 0) is 13.0 Å². The van der Waals surface area contributed by atoms with Gasteiger partial charge in [-0.3, -0.25) is 0 Å². The first-order chi connectivity index (χ1) is 8.28. The number of ether oxygens (including phenoxy) is 2. The summed E-state index contributed by atoms with van der Waals surface area (Å²) in [6.07, 6.45) is 2.93. The highest BCUT2D eigenvalue weighted by Gasteiger charge is 2.17. The highest BCUT2D eigenvalue weighted by atomic mass is 16.5. The van der Waals surface area contributed by atoms with E-state index in [1.54, 1.807) is 7.11 Å². The van der Waals surface area contributed by atoms with Gasteiger partial charge in [-0.05, 0) is 42.8 Å². The van der Waals surface area contributed by atoms with Crippen LogP contribution in [0.3, 0.4) is 0 Å². The van der Waals surface area contributed by atoms with Crippen molar-refractivity contribution in [3.8, 4) is 11.5 Å². The van der Waals surface area contributed by atoms with E-state index in [1.807, 2.05) is 13.1 Å². The van der Waals surface area contributed by atoms with Crippen LogP contribution in [0.1, 0.15) is 18.1 Å². The number of rotatable bonds is 4. The average molecular weight is 233 g/mol. The normalized spacial score (nSPS) is 14.1. The molecule has 0 atom stereocenters. The van der Waals surface area contributed by atoms with Gasteiger partial charge in [-0.15, -0.1) is 0 Å². The molecular weight excluding hydrogens is 214 g/mol. The molecule has 1 aliphatic heterocycles. The van der Waals surface area contributed by atoms with E-state index in [4.69, 9.17) is 9.47 Å². The molecule has 2 rings (SSSR count). The fourth-order valence-corrected chi connectivity index (χ4v) is 2.17. The fourth-order valence-electron chi connectivity index (χ4n) is 2.17. The van der Waals surface area contributed by atoms with Crippen molar-refractivity contribution in [2.45, 2.75) is 19.9 Å². The van der Waals surface area contributed by atoms with E-state index in [0.717, 1.165) is 31.0 Å². The molecule has 92 valence electrons. The molecule has 1 aromatic carbocycles. The first-order valence-electron chi connectivity index (χ1n) is 5.97. The van der Waals surface area contributed by atoms with Gasteiger partial charge in [-0.1, -0.05) is 6.58 Å². The lowest BCUT2D eigenvalue weighted by molar-refractivity contribution is 0.306. The summed E-state index contributed by atoms with van der Waals surface area (Å²) in [6, 6.07) is 4.19. The van der Waals surface area contributed by atoms with Crippen molar-refractivity contribution < 1.29 is 9.47 Å². The van der Waals surface area contributed by atoms with Crippen molar-refractivity contribution in [1.82, 2.24) is 4.90 Å². The molecule has 3 nitrogen and oxygen atoms in total. The van der Waals surface area contributed by atoms with Crippen molar-refractivity contribution in [1.29, 1.82) is 0 Å². The molecular formula is C14H19NO2. The minimum absolute atomic E-state index is 0.653. The predicted octanol–water partition coefficient (Wildman–Crippen LogP) is 2.60. The fraction of sp³-hybridized carbons (Fsp3) is 0.429.